The molecule has 0 saturated carbocycles. The Hall–Kier alpha value is -0.710. The zero-order chi connectivity index (χ0) is 10.3. The fourth-order valence-corrected chi connectivity index (χ4v) is 1.92. The third-order valence-corrected chi connectivity index (χ3v) is 2.75. The van der Waals surface area contributed by atoms with Gasteiger partial charge < -0.3 is 10.6 Å². The Morgan fingerprint density at radius 2 is 2.38 bits per heavy atom. The summed E-state index contributed by atoms with van der Waals surface area (Å²) in [5.41, 5.74) is 1.02. The lowest BCUT2D eigenvalue weighted by Gasteiger charge is -2.22. The van der Waals surface area contributed by atoms with Crippen LogP contribution in [0.15, 0.2) is 18.6 Å². The van der Waals surface area contributed by atoms with E-state index in [-0.39, 0.29) is 12.4 Å². The van der Waals surface area contributed by atoms with Gasteiger partial charge in [0.15, 0.2) is 0 Å². The van der Waals surface area contributed by atoms with Crippen LogP contribution in [0.4, 0.5) is 0 Å². The molecule has 0 spiro atoms. The lowest BCUT2D eigenvalue weighted by Crippen LogP contribution is -2.35. The summed E-state index contributed by atoms with van der Waals surface area (Å²) in [4.78, 5) is 8.26. The summed E-state index contributed by atoms with van der Waals surface area (Å²) < 4.78 is 0. The second-order valence-electron chi connectivity index (χ2n) is 4.04. The van der Waals surface area contributed by atoms with Crippen molar-refractivity contribution < 1.29 is 0 Å². The molecular weight excluding hydrogens is 224 g/mol. The van der Waals surface area contributed by atoms with Gasteiger partial charge in [-0.15, -0.1) is 12.4 Å². The van der Waals surface area contributed by atoms with Crippen LogP contribution in [-0.4, -0.2) is 29.6 Å². The van der Waals surface area contributed by atoms with E-state index in [0.717, 1.165) is 31.2 Å². The van der Waals surface area contributed by atoms with Crippen molar-refractivity contribution in [2.75, 3.05) is 19.6 Å². The molecule has 0 bridgehead atoms. The molecule has 5 heteroatoms. The van der Waals surface area contributed by atoms with Crippen molar-refractivity contribution >= 4 is 12.4 Å². The maximum Gasteiger partial charge on any atom is 0.0724 e. The zero-order valence-electron chi connectivity index (χ0n) is 9.35. The number of hydrogen-bond acceptors (Lipinski definition) is 4. The summed E-state index contributed by atoms with van der Waals surface area (Å²) in [6.45, 7) is 4.22. The summed E-state index contributed by atoms with van der Waals surface area (Å²) in [6.07, 6.45) is 7.89. The minimum atomic E-state index is 0. The topological polar surface area (TPSA) is 49.8 Å². The molecule has 1 aliphatic rings. The molecular formula is C11H19ClN4. The molecule has 90 valence electrons. The summed E-state index contributed by atoms with van der Waals surface area (Å²) in [6, 6.07) is 0. The number of nitrogens with one attached hydrogen (secondary N) is 2. The van der Waals surface area contributed by atoms with Crippen molar-refractivity contribution in [3.8, 4) is 0 Å². The predicted octanol–water partition coefficient (Wildman–Crippen LogP) is 0.988. The Morgan fingerprint density at radius 3 is 3.06 bits per heavy atom. The third-order valence-electron chi connectivity index (χ3n) is 2.75. The number of aromatic nitrogens is 2. The Balaban J connectivity index is 0.00000128. The summed E-state index contributed by atoms with van der Waals surface area (Å²) in [5.74, 6) is 0.774. The van der Waals surface area contributed by atoms with Crippen molar-refractivity contribution in [2.45, 2.75) is 19.4 Å². The maximum absolute atomic E-state index is 4.22. The van der Waals surface area contributed by atoms with E-state index in [2.05, 4.69) is 20.6 Å². The highest BCUT2D eigenvalue weighted by Gasteiger charge is 2.11. The van der Waals surface area contributed by atoms with E-state index in [1.165, 1.54) is 19.4 Å². The van der Waals surface area contributed by atoms with Crippen molar-refractivity contribution in [3.05, 3.63) is 24.3 Å². The first kappa shape index (κ1) is 13.4. The maximum atomic E-state index is 4.22. The van der Waals surface area contributed by atoms with E-state index in [0.29, 0.717) is 0 Å². The zero-order valence-corrected chi connectivity index (χ0v) is 10.2. The quantitative estimate of drug-likeness (QED) is 0.827. The van der Waals surface area contributed by atoms with E-state index in [9.17, 15) is 0 Å². The standard InChI is InChI=1S/C11H18N4.ClH/c1-2-10(6-12-3-1)7-14-9-11-8-13-4-5-15-11;/h4-5,8,10,12,14H,1-3,6-7,9H2;1H. The second kappa shape index (κ2) is 7.54. The van der Waals surface area contributed by atoms with Gasteiger partial charge >= 0.3 is 0 Å². The number of piperidine rings is 1. The Labute approximate surface area is 103 Å². The Kier molecular flexibility index (Phi) is 6.30. The van der Waals surface area contributed by atoms with Gasteiger partial charge in [0.2, 0.25) is 0 Å². The minimum absolute atomic E-state index is 0. The molecule has 2 N–H and O–H groups in total. The van der Waals surface area contributed by atoms with Crippen molar-refractivity contribution in [1.82, 2.24) is 20.6 Å². The first-order valence-corrected chi connectivity index (χ1v) is 5.61. The summed E-state index contributed by atoms with van der Waals surface area (Å²) in [7, 11) is 0. The molecule has 2 rings (SSSR count). The number of hydrogen-bond donors (Lipinski definition) is 2. The van der Waals surface area contributed by atoms with Crippen molar-refractivity contribution in [3.63, 3.8) is 0 Å². The van der Waals surface area contributed by atoms with Gasteiger partial charge in [0, 0.05) is 25.1 Å². The average Bonchev–Trinajstić information content (AvgIpc) is 2.32. The van der Waals surface area contributed by atoms with Gasteiger partial charge in [0.05, 0.1) is 5.69 Å². The van der Waals surface area contributed by atoms with Crippen LogP contribution in [0, 0.1) is 5.92 Å². The van der Waals surface area contributed by atoms with Gasteiger partial charge in [-0.25, -0.2) is 0 Å². The minimum Gasteiger partial charge on any atom is -0.316 e. The van der Waals surface area contributed by atoms with Gasteiger partial charge in [0.25, 0.3) is 0 Å². The number of halogens is 1. The molecule has 0 amide bonds. The van der Waals surface area contributed by atoms with Crippen LogP contribution in [0.2, 0.25) is 0 Å². The molecule has 0 radical (unpaired) electrons. The largest absolute Gasteiger partial charge is 0.316 e. The molecule has 0 aromatic carbocycles. The number of nitrogens with zero attached hydrogens (tertiary/aromatic N) is 2. The fraction of sp³-hybridized carbons (Fsp3) is 0.636. The van der Waals surface area contributed by atoms with E-state index >= 15 is 0 Å². The molecule has 0 aliphatic carbocycles. The highest BCUT2D eigenvalue weighted by Crippen LogP contribution is 2.08. The lowest BCUT2D eigenvalue weighted by atomic mass is 10.00. The molecule has 1 saturated heterocycles. The van der Waals surface area contributed by atoms with Crippen LogP contribution in [0.3, 0.4) is 0 Å². The van der Waals surface area contributed by atoms with E-state index < -0.39 is 0 Å². The highest BCUT2D eigenvalue weighted by molar-refractivity contribution is 5.85. The second-order valence-corrected chi connectivity index (χ2v) is 4.04. The third kappa shape index (κ3) is 4.43. The molecule has 4 nitrogen and oxygen atoms in total. The van der Waals surface area contributed by atoms with Gasteiger partial charge in [-0.1, -0.05) is 0 Å². The molecule has 16 heavy (non-hydrogen) atoms. The van der Waals surface area contributed by atoms with E-state index in [4.69, 9.17) is 0 Å². The van der Waals surface area contributed by atoms with Crippen LogP contribution in [0.1, 0.15) is 18.5 Å². The monoisotopic (exact) mass is 242 g/mol. The van der Waals surface area contributed by atoms with Gasteiger partial charge in [0.1, 0.15) is 0 Å². The summed E-state index contributed by atoms with van der Waals surface area (Å²) in [5, 5.41) is 6.84. The average molecular weight is 243 g/mol. The first-order chi connectivity index (χ1) is 7.45. The first-order valence-electron chi connectivity index (χ1n) is 5.61. The smallest absolute Gasteiger partial charge is 0.0724 e. The van der Waals surface area contributed by atoms with E-state index in [1.54, 1.807) is 12.4 Å². The van der Waals surface area contributed by atoms with Crippen LogP contribution in [0.5, 0.6) is 0 Å². The van der Waals surface area contributed by atoms with Crippen LogP contribution in [0.25, 0.3) is 0 Å². The molecule has 1 aliphatic heterocycles. The van der Waals surface area contributed by atoms with Crippen LogP contribution in [-0.2, 0) is 6.54 Å². The fourth-order valence-electron chi connectivity index (χ4n) is 1.92. The lowest BCUT2D eigenvalue weighted by molar-refractivity contribution is 0.359. The van der Waals surface area contributed by atoms with Gasteiger partial charge in [-0.05, 0) is 38.4 Å². The molecule has 1 atom stereocenters. The number of rotatable bonds is 4. The molecule has 1 aromatic rings. The van der Waals surface area contributed by atoms with Crippen LogP contribution >= 0.6 is 12.4 Å². The molecule has 1 unspecified atom stereocenters. The molecule has 1 aromatic heterocycles. The Morgan fingerprint density at radius 1 is 1.44 bits per heavy atom. The van der Waals surface area contributed by atoms with Gasteiger partial charge in [-0.2, -0.15) is 0 Å². The molecule has 2 heterocycles. The van der Waals surface area contributed by atoms with Gasteiger partial charge in [-0.3, -0.25) is 9.97 Å². The van der Waals surface area contributed by atoms with Crippen molar-refractivity contribution in [2.24, 2.45) is 5.92 Å². The Bertz CT molecular complexity index is 275. The van der Waals surface area contributed by atoms with Crippen molar-refractivity contribution in [1.29, 1.82) is 0 Å². The van der Waals surface area contributed by atoms with Crippen LogP contribution < -0.4 is 10.6 Å². The summed E-state index contributed by atoms with van der Waals surface area (Å²) >= 11 is 0. The highest BCUT2D eigenvalue weighted by atomic mass is 35.5. The normalized spacial score (nSPS) is 20.1. The SMILES string of the molecule is Cl.c1cnc(CNCC2CCCNC2)cn1. The van der Waals surface area contributed by atoms with E-state index in [1.807, 2.05) is 6.20 Å². The predicted molar refractivity (Wildman–Crippen MR) is 66.6 cm³/mol. The molecule has 1 fully saturated rings.